The van der Waals surface area contributed by atoms with E-state index in [9.17, 15) is 0 Å². The molecule has 0 saturated heterocycles. The Labute approximate surface area is 123 Å². The lowest BCUT2D eigenvalue weighted by atomic mass is 9.89. The maximum absolute atomic E-state index is 5.63. The van der Waals surface area contributed by atoms with Crippen molar-refractivity contribution in [2.45, 2.75) is 5.92 Å². The van der Waals surface area contributed by atoms with Crippen molar-refractivity contribution in [2.75, 3.05) is 7.11 Å². The van der Waals surface area contributed by atoms with Crippen LogP contribution < -0.4 is 9.47 Å². The maximum Gasteiger partial charge on any atom is 0.209 e. The lowest BCUT2D eigenvalue weighted by Gasteiger charge is -2.14. The first kappa shape index (κ1) is 12.3. The molecule has 102 valence electrons. The highest BCUT2D eigenvalue weighted by Crippen LogP contribution is 2.47. The summed E-state index contributed by atoms with van der Waals surface area (Å²) >= 11 is 0. The van der Waals surface area contributed by atoms with Gasteiger partial charge in [-0.2, -0.15) is 0 Å². The summed E-state index contributed by atoms with van der Waals surface area (Å²) in [7, 11) is 1.69. The summed E-state index contributed by atoms with van der Waals surface area (Å²) in [5, 5.41) is 2.44. The molecule has 1 aliphatic heterocycles. The molecule has 1 aliphatic rings. The second-order valence-electron chi connectivity index (χ2n) is 5.09. The van der Waals surface area contributed by atoms with Crippen molar-refractivity contribution in [3.8, 4) is 11.5 Å². The van der Waals surface area contributed by atoms with Crippen LogP contribution in [0.4, 0.5) is 0 Å². The van der Waals surface area contributed by atoms with Crippen molar-refractivity contribution < 1.29 is 9.47 Å². The summed E-state index contributed by atoms with van der Waals surface area (Å²) in [4.78, 5) is 0. The molecular formula is C19H14O2. The minimum absolute atomic E-state index is 0.0257. The Morgan fingerprint density at radius 2 is 1.76 bits per heavy atom. The fraction of sp³-hybridized carbons (Fsp3) is 0.105. The largest absolute Gasteiger partial charge is 0.496 e. The molecule has 21 heavy (non-hydrogen) atoms. The summed E-state index contributed by atoms with van der Waals surface area (Å²) in [6.07, 6.45) is 0. The van der Waals surface area contributed by atoms with Crippen molar-refractivity contribution in [2.24, 2.45) is 0 Å². The average molecular weight is 274 g/mol. The summed E-state index contributed by atoms with van der Waals surface area (Å²) in [5.74, 6) is 1.64. The Balaban J connectivity index is 1.93. The lowest BCUT2D eigenvalue weighted by Crippen LogP contribution is -2.00. The molecule has 1 atom stereocenters. The molecule has 1 unspecified atom stereocenters. The molecule has 0 fully saturated rings. The normalized spacial score (nSPS) is 16.5. The Kier molecular flexibility index (Phi) is 2.81. The molecule has 2 heteroatoms. The van der Waals surface area contributed by atoms with Crippen LogP contribution in [0.5, 0.6) is 11.5 Å². The molecule has 3 aromatic rings. The maximum atomic E-state index is 5.63. The van der Waals surface area contributed by atoms with Crippen LogP contribution >= 0.6 is 0 Å². The van der Waals surface area contributed by atoms with Crippen LogP contribution in [0.2, 0.25) is 0 Å². The summed E-state index contributed by atoms with van der Waals surface area (Å²) < 4.78 is 11.1. The third-order valence-electron chi connectivity index (χ3n) is 3.96. The van der Waals surface area contributed by atoms with E-state index >= 15 is 0 Å². The lowest BCUT2D eigenvalue weighted by molar-refractivity contribution is 0.409. The van der Waals surface area contributed by atoms with E-state index in [0.717, 1.165) is 17.1 Å². The quantitative estimate of drug-likeness (QED) is 0.689. The van der Waals surface area contributed by atoms with Crippen molar-refractivity contribution in [1.82, 2.24) is 0 Å². The van der Waals surface area contributed by atoms with Gasteiger partial charge in [-0.1, -0.05) is 48.5 Å². The Morgan fingerprint density at radius 1 is 0.952 bits per heavy atom. The smallest absolute Gasteiger partial charge is 0.209 e. The highest BCUT2D eigenvalue weighted by Gasteiger charge is 2.31. The molecule has 0 aliphatic carbocycles. The van der Waals surface area contributed by atoms with Gasteiger partial charge in [-0.15, -0.1) is 0 Å². The minimum Gasteiger partial charge on any atom is -0.496 e. The third kappa shape index (κ3) is 1.87. The van der Waals surface area contributed by atoms with Crippen LogP contribution in [0.3, 0.4) is 0 Å². The fourth-order valence-corrected chi connectivity index (χ4v) is 2.98. The van der Waals surface area contributed by atoms with E-state index in [2.05, 4.69) is 49.1 Å². The first-order valence-corrected chi connectivity index (χ1v) is 6.95. The highest BCUT2D eigenvalue weighted by atomic mass is 16.5. The third-order valence-corrected chi connectivity index (χ3v) is 3.96. The molecule has 0 bridgehead atoms. The Morgan fingerprint density at radius 3 is 2.67 bits per heavy atom. The Bertz CT molecular complexity index is 802. The topological polar surface area (TPSA) is 18.5 Å². The van der Waals surface area contributed by atoms with E-state index in [0.29, 0.717) is 0 Å². The number of fused-ring (bicyclic) bond motifs is 2. The van der Waals surface area contributed by atoms with Crippen LogP contribution in [0.25, 0.3) is 10.8 Å². The molecule has 0 amide bonds. The number of hydrogen-bond acceptors (Lipinski definition) is 2. The highest BCUT2D eigenvalue weighted by molar-refractivity contribution is 5.87. The zero-order valence-electron chi connectivity index (χ0n) is 11.7. The van der Waals surface area contributed by atoms with Gasteiger partial charge in [0.2, 0.25) is 6.61 Å². The van der Waals surface area contributed by atoms with E-state index in [1.807, 2.05) is 18.2 Å². The van der Waals surface area contributed by atoms with Gasteiger partial charge in [0, 0.05) is 5.56 Å². The second-order valence-corrected chi connectivity index (χ2v) is 5.09. The minimum atomic E-state index is -0.0257. The summed E-state index contributed by atoms with van der Waals surface area (Å²) in [6, 6.07) is 20.6. The van der Waals surface area contributed by atoms with Gasteiger partial charge in [-0.3, -0.25) is 0 Å². The second kappa shape index (κ2) is 4.81. The van der Waals surface area contributed by atoms with Crippen LogP contribution in [0, 0.1) is 6.61 Å². The van der Waals surface area contributed by atoms with Crippen LogP contribution in [0.15, 0.2) is 60.7 Å². The monoisotopic (exact) mass is 274 g/mol. The van der Waals surface area contributed by atoms with E-state index in [1.165, 1.54) is 16.3 Å². The zero-order chi connectivity index (χ0) is 14.2. The summed E-state index contributed by atoms with van der Waals surface area (Å²) in [5.41, 5.74) is 2.24. The molecule has 1 heterocycles. The van der Waals surface area contributed by atoms with E-state index in [1.54, 1.807) is 7.11 Å². The standard InChI is InChI=1S/C19H14O2/c1-20-17-10-5-11-18-19(17)16(12-21-18)15-9-4-7-13-6-2-3-8-14(13)15/h2-11,16H,1H3. The van der Waals surface area contributed by atoms with Crippen molar-refractivity contribution in [3.05, 3.63) is 78.4 Å². The van der Waals surface area contributed by atoms with Gasteiger partial charge in [-0.05, 0) is 28.5 Å². The molecule has 2 nitrogen and oxygen atoms in total. The van der Waals surface area contributed by atoms with Crippen molar-refractivity contribution in [1.29, 1.82) is 0 Å². The molecule has 0 aromatic heterocycles. The molecule has 0 N–H and O–H groups in total. The van der Waals surface area contributed by atoms with Crippen LogP contribution in [-0.2, 0) is 0 Å². The van der Waals surface area contributed by atoms with Crippen LogP contribution in [0.1, 0.15) is 17.0 Å². The number of rotatable bonds is 2. The van der Waals surface area contributed by atoms with Gasteiger partial charge in [-0.25, -0.2) is 0 Å². The molecule has 2 radical (unpaired) electrons. The number of methoxy groups -OCH3 is 1. The van der Waals surface area contributed by atoms with Gasteiger partial charge in [0.25, 0.3) is 0 Å². The van der Waals surface area contributed by atoms with Gasteiger partial charge < -0.3 is 9.47 Å². The number of ether oxygens (including phenoxy) is 2. The van der Waals surface area contributed by atoms with E-state index in [-0.39, 0.29) is 5.92 Å². The SMILES string of the molecule is COc1cccc2c1C(c1cccc3ccccc13)[C]O2. The van der Waals surface area contributed by atoms with E-state index in [4.69, 9.17) is 9.47 Å². The Hall–Kier alpha value is -2.48. The van der Waals surface area contributed by atoms with Crippen molar-refractivity contribution in [3.63, 3.8) is 0 Å². The average Bonchev–Trinajstić information content (AvgIpc) is 2.98. The molecule has 0 saturated carbocycles. The fourth-order valence-electron chi connectivity index (χ4n) is 2.98. The van der Waals surface area contributed by atoms with E-state index < -0.39 is 0 Å². The van der Waals surface area contributed by atoms with Gasteiger partial charge in [0.05, 0.1) is 13.0 Å². The zero-order valence-corrected chi connectivity index (χ0v) is 11.7. The van der Waals surface area contributed by atoms with Gasteiger partial charge in [0.15, 0.2) is 0 Å². The molecule has 3 aromatic carbocycles. The predicted molar refractivity (Wildman–Crippen MR) is 82.7 cm³/mol. The molecule has 0 spiro atoms. The number of benzene rings is 3. The first-order valence-electron chi connectivity index (χ1n) is 6.95. The van der Waals surface area contributed by atoms with Gasteiger partial charge >= 0.3 is 0 Å². The predicted octanol–water partition coefficient (Wildman–Crippen LogP) is 4.41. The van der Waals surface area contributed by atoms with Crippen LogP contribution in [-0.4, -0.2) is 7.11 Å². The number of hydrogen-bond donors (Lipinski definition) is 0. The first-order chi connectivity index (χ1) is 10.4. The van der Waals surface area contributed by atoms with Crippen molar-refractivity contribution >= 4 is 10.8 Å². The van der Waals surface area contributed by atoms with Gasteiger partial charge in [0.1, 0.15) is 11.5 Å². The summed E-state index contributed by atoms with van der Waals surface area (Å²) in [6.45, 7) is 3.13. The molecule has 4 rings (SSSR count). The molecular weight excluding hydrogens is 260 g/mol.